The molecule has 0 spiro atoms. The van der Waals surface area contributed by atoms with Crippen LogP contribution in [0.25, 0.3) is 10.8 Å². The van der Waals surface area contributed by atoms with Crippen molar-refractivity contribution in [2.75, 3.05) is 7.05 Å². The molecule has 0 radical (unpaired) electrons. The molecule has 0 saturated carbocycles. The van der Waals surface area contributed by atoms with Crippen LogP contribution in [0, 0.1) is 0 Å². The summed E-state index contributed by atoms with van der Waals surface area (Å²) in [6.07, 6.45) is 0. The summed E-state index contributed by atoms with van der Waals surface area (Å²) in [5, 5.41) is 17.1. The van der Waals surface area contributed by atoms with Crippen LogP contribution in [0.5, 0.6) is 0 Å². The molecule has 0 fully saturated rings. The number of halogens is 1. The molecule has 0 bridgehead atoms. The highest BCUT2D eigenvalue weighted by Crippen LogP contribution is 2.30. The van der Waals surface area contributed by atoms with Crippen molar-refractivity contribution in [2.24, 2.45) is 0 Å². The van der Waals surface area contributed by atoms with Crippen molar-refractivity contribution >= 4 is 33.2 Å². The fraction of sp³-hybridized carbons (Fsp3) is 0.417. The third-order valence-corrected chi connectivity index (χ3v) is 4.71. The van der Waals surface area contributed by atoms with Gasteiger partial charge in [-0.15, -0.1) is 21.5 Å². The van der Waals surface area contributed by atoms with Gasteiger partial charge in [-0.25, -0.2) is 0 Å². The van der Waals surface area contributed by atoms with E-state index >= 15 is 0 Å². The molecule has 0 aliphatic rings. The topological polar surface area (TPSA) is 79.5 Å². The molecule has 6 nitrogen and oxygen atoms in total. The molecule has 0 amide bonds. The van der Waals surface area contributed by atoms with Gasteiger partial charge in [0.25, 0.3) is 5.89 Å². The van der Waals surface area contributed by atoms with Crippen LogP contribution in [0.2, 0.25) is 0 Å². The number of likely N-dealkylation sites (N-methyl/N-ethyl adjacent to an activating group) is 1. The Morgan fingerprint density at radius 1 is 1.50 bits per heavy atom. The molecule has 0 aliphatic heterocycles. The van der Waals surface area contributed by atoms with E-state index in [9.17, 15) is 4.79 Å². The van der Waals surface area contributed by atoms with Crippen molar-refractivity contribution in [1.82, 2.24) is 15.1 Å². The van der Waals surface area contributed by atoms with E-state index in [4.69, 9.17) is 9.52 Å². The zero-order chi connectivity index (χ0) is 14.9. The minimum Gasteiger partial charge on any atom is -0.480 e. The van der Waals surface area contributed by atoms with Crippen molar-refractivity contribution in [3.05, 3.63) is 21.8 Å². The Labute approximate surface area is 128 Å². The molecule has 20 heavy (non-hydrogen) atoms. The molecule has 108 valence electrons. The van der Waals surface area contributed by atoms with Gasteiger partial charge in [-0.2, -0.15) is 0 Å². The number of thiophene rings is 1. The Hall–Kier alpha value is -1.25. The molecule has 2 heterocycles. The minimum atomic E-state index is -0.999. The fourth-order valence-corrected chi connectivity index (χ4v) is 2.72. The van der Waals surface area contributed by atoms with Crippen LogP contribution in [0.3, 0.4) is 0 Å². The van der Waals surface area contributed by atoms with E-state index in [0.29, 0.717) is 11.8 Å². The second kappa shape index (κ2) is 5.63. The van der Waals surface area contributed by atoms with Crippen molar-refractivity contribution in [1.29, 1.82) is 0 Å². The molecule has 0 aliphatic carbocycles. The first kappa shape index (κ1) is 15.1. The maximum atomic E-state index is 11.2. The fourth-order valence-electron chi connectivity index (χ4n) is 1.41. The lowest BCUT2D eigenvalue weighted by atomic mass is 10.0. The number of carboxylic acid groups (broad SMARTS) is 1. The van der Waals surface area contributed by atoms with E-state index in [-0.39, 0.29) is 6.54 Å². The number of hydrogen-bond donors (Lipinski definition) is 1. The van der Waals surface area contributed by atoms with Crippen molar-refractivity contribution in [3.63, 3.8) is 0 Å². The number of carbonyl (C=O) groups is 1. The zero-order valence-corrected chi connectivity index (χ0v) is 13.7. The smallest absolute Gasteiger partial charge is 0.323 e. The predicted octanol–water partition coefficient (Wildman–Crippen LogP) is 2.86. The predicted molar refractivity (Wildman–Crippen MR) is 78.5 cm³/mol. The molecule has 2 aromatic heterocycles. The summed E-state index contributed by atoms with van der Waals surface area (Å²) < 4.78 is 6.54. The van der Waals surface area contributed by atoms with E-state index in [1.807, 2.05) is 12.1 Å². The van der Waals surface area contributed by atoms with Gasteiger partial charge in [-0.1, -0.05) is 0 Å². The summed E-state index contributed by atoms with van der Waals surface area (Å²) in [5.41, 5.74) is -0.999. The van der Waals surface area contributed by atoms with E-state index in [0.717, 1.165) is 8.66 Å². The van der Waals surface area contributed by atoms with Gasteiger partial charge in [-0.3, -0.25) is 9.69 Å². The van der Waals surface area contributed by atoms with Crippen molar-refractivity contribution in [2.45, 2.75) is 25.9 Å². The van der Waals surface area contributed by atoms with Gasteiger partial charge in [0.15, 0.2) is 0 Å². The van der Waals surface area contributed by atoms with Gasteiger partial charge in [0, 0.05) is 0 Å². The largest absolute Gasteiger partial charge is 0.480 e. The first-order chi connectivity index (χ1) is 9.30. The third-order valence-electron chi connectivity index (χ3n) is 3.10. The number of aromatic nitrogens is 2. The average Bonchev–Trinajstić information content (AvgIpc) is 2.97. The van der Waals surface area contributed by atoms with Crippen LogP contribution in [-0.4, -0.2) is 38.8 Å². The summed E-state index contributed by atoms with van der Waals surface area (Å²) in [6.45, 7) is 3.53. The van der Waals surface area contributed by atoms with Crippen LogP contribution < -0.4 is 0 Å². The first-order valence-corrected chi connectivity index (χ1v) is 7.44. The van der Waals surface area contributed by atoms with Crippen LogP contribution in [-0.2, 0) is 11.3 Å². The number of rotatable bonds is 5. The number of hydrogen-bond acceptors (Lipinski definition) is 6. The second-order valence-electron chi connectivity index (χ2n) is 4.82. The van der Waals surface area contributed by atoms with Crippen LogP contribution >= 0.6 is 27.3 Å². The molecule has 0 aromatic carbocycles. The Balaban J connectivity index is 2.12. The third kappa shape index (κ3) is 3.08. The average molecular weight is 360 g/mol. The number of aliphatic carboxylic acids is 1. The maximum absolute atomic E-state index is 11.2. The summed E-state index contributed by atoms with van der Waals surface area (Å²) in [5.74, 6) is -0.0690. The zero-order valence-electron chi connectivity index (χ0n) is 11.3. The lowest BCUT2D eigenvalue weighted by molar-refractivity contribution is -0.149. The summed E-state index contributed by atoms with van der Waals surface area (Å²) in [7, 11) is 1.71. The van der Waals surface area contributed by atoms with Crippen LogP contribution in [0.1, 0.15) is 19.7 Å². The van der Waals surface area contributed by atoms with Crippen molar-refractivity contribution in [3.8, 4) is 10.8 Å². The van der Waals surface area contributed by atoms with Gasteiger partial charge in [0.2, 0.25) is 5.89 Å². The van der Waals surface area contributed by atoms with Crippen LogP contribution in [0.4, 0.5) is 0 Å². The Kier molecular flexibility index (Phi) is 4.26. The molecule has 8 heteroatoms. The van der Waals surface area contributed by atoms with E-state index in [1.54, 1.807) is 25.8 Å². The molecular weight excluding hydrogens is 346 g/mol. The van der Waals surface area contributed by atoms with E-state index in [2.05, 4.69) is 26.1 Å². The highest BCUT2D eigenvalue weighted by atomic mass is 79.9. The van der Waals surface area contributed by atoms with Gasteiger partial charge in [0.1, 0.15) is 5.54 Å². The number of nitrogens with zero attached hydrogens (tertiary/aromatic N) is 3. The lowest BCUT2D eigenvalue weighted by Crippen LogP contribution is -2.47. The Morgan fingerprint density at radius 2 is 2.20 bits per heavy atom. The summed E-state index contributed by atoms with van der Waals surface area (Å²) >= 11 is 4.87. The lowest BCUT2D eigenvalue weighted by Gasteiger charge is -2.29. The van der Waals surface area contributed by atoms with Gasteiger partial charge < -0.3 is 9.52 Å². The highest BCUT2D eigenvalue weighted by Gasteiger charge is 2.32. The Morgan fingerprint density at radius 3 is 2.75 bits per heavy atom. The maximum Gasteiger partial charge on any atom is 0.323 e. The minimum absolute atomic E-state index is 0.277. The highest BCUT2D eigenvalue weighted by molar-refractivity contribution is 9.11. The second-order valence-corrected chi connectivity index (χ2v) is 7.29. The SMILES string of the molecule is CN(Cc1nnc(-c2ccc(Br)s2)o1)C(C)(C)C(=O)O. The summed E-state index contributed by atoms with van der Waals surface area (Å²) in [4.78, 5) is 13.7. The van der Waals surface area contributed by atoms with Crippen LogP contribution in [0.15, 0.2) is 20.3 Å². The molecule has 2 aromatic rings. The Bertz CT molecular complexity index is 623. The molecule has 1 N–H and O–H groups in total. The van der Waals surface area contributed by atoms with Gasteiger partial charge >= 0.3 is 5.97 Å². The van der Waals surface area contributed by atoms with Crippen molar-refractivity contribution < 1.29 is 14.3 Å². The standard InChI is InChI=1S/C12H14BrN3O3S/c1-12(2,11(17)18)16(3)6-9-14-15-10(19-9)7-4-5-8(13)20-7/h4-5H,6H2,1-3H3,(H,17,18). The molecule has 0 unspecified atom stereocenters. The number of carboxylic acids is 1. The quantitative estimate of drug-likeness (QED) is 0.883. The van der Waals surface area contributed by atoms with Gasteiger partial charge in [-0.05, 0) is 49.0 Å². The monoisotopic (exact) mass is 359 g/mol. The molecule has 2 rings (SSSR count). The summed E-state index contributed by atoms with van der Waals surface area (Å²) in [6, 6.07) is 3.79. The van der Waals surface area contributed by atoms with E-state index < -0.39 is 11.5 Å². The van der Waals surface area contributed by atoms with E-state index in [1.165, 1.54) is 11.3 Å². The molecular formula is C12H14BrN3O3S. The van der Waals surface area contributed by atoms with Gasteiger partial charge in [0.05, 0.1) is 15.2 Å². The molecule has 0 saturated heterocycles. The normalized spacial score (nSPS) is 12.1. The molecule has 0 atom stereocenters. The first-order valence-electron chi connectivity index (χ1n) is 5.83.